The van der Waals surface area contributed by atoms with Crippen molar-refractivity contribution in [3.8, 4) is 0 Å². The topological polar surface area (TPSA) is 41.1 Å². The fourth-order valence-electron chi connectivity index (χ4n) is 2.11. The Kier molecular flexibility index (Phi) is 6.40. The van der Waals surface area contributed by atoms with Crippen LogP contribution in [0.5, 0.6) is 0 Å². The molecule has 0 heterocycles. The second kappa shape index (κ2) is 7.82. The first-order valence-electron chi connectivity index (χ1n) is 7.19. The van der Waals surface area contributed by atoms with Gasteiger partial charge in [0, 0.05) is 24.3 Å². The van der Waals surface area contributed by atoms with Crippen molar-refractivity contribution in [2.75, 3.05) is 10.6 Å². The lowest BCUT2D eigenvalue weighted by Crippen LogP contribution is -2.21. The lowest BCUT2D eigenvalue weighted by Gasteiger charge is -2.21. The van der Waals surface area contributed by atoms with Crippen LogP contribution in [0.4, 0.5) is 11.4 Å². The Morgan fingerprint density at radius 1 is 1.21 bits per heavy atom. The van der Waals surface area contributed by atoms with Crippen molar-refractivity contribution in [1.82, 2.24) is 0 Å². The number of amides is 1. The zero-order valence-corrected chi connectivity index (χ0v) is 12.5. The van der Waals surface area contributed by atoms with Gasteiger partial charge in [-0.1, -0.05) is 33.3 Å². The molecule has 106 valence electrons. The van der Waals surface area contributed by atoms with E-state index in [9.17, 15) is 4.79 Å². The summed E-state index contributed by atoms with van der Waals surface area (Å²) in [5.74, 6) is 0.694. The number of benzene rings is 1. The normalized spacial score (nSPS) is 13.7. The predicted molar refractivity (Wildman–Crippen MR) is 82.5 cm³/mol. The van der Waals surface area contributed by atoms with Gasteiger partial charge in [-0.2, -0.15) is 0 Å². The molecule has 0 spiro atoms. The molecule has 2 unspecified atom stereocenters. The van der Waals surface area contributed by atoms with Gasteiger partial charge in [-0.15, -0.1) is 0 Å². The van der Waals surface area contributed by atoms with E-state index >= 15 is 0 Å². The zero-order chi connectivity index (χ0) is 14.3. The number of nitrogens with one attached hydrogen (secondary N) is 2. The minimum absolute atomic E-state index is 0.0382. The van der Waals surface area contributed by atoms with Crippen molar-refractivity contribution in [3.05, 3.63) is 24.3 Å². The fraction of sp³-hybridized carbons (Fsp3) is 0.562. The monoisotopic (exact) mass is 262 g/mol. The molecule has 19 heavy (non-hydrogen) atoms. The largest absolute Gasteiger partial charge is 0.382 e. The van der Waals surface area contributed by atoms with E-state index in [-0.39, 0.29) is 5.91 Å². The molecule has 0 aromatic heterocycles. The zero-order valence-electron chi connectivity index (χ0n) is 12.5. The van der Waals surface area contributed by atoms with E-state index in [0.29, 0.717) is 6.04 Å². The molecule has 3 heteroatoms. The summed E-state index contributed by atoms with van der Waals surface area (Å²) < 4.78 is 0. The molecule has 0 saturated carbocycles. The van der Waals surface area contributed by atoms with Gasteiger partial charge in [0.1, 0.15) is 0 Å². The van der Waals surface area contributed by atoms with E-state index in [1.807, 2.05) is 24.3 Å². The molecule has 0 radical (unpaired) electrons. The van der Waals surface area contributed by atoms with E-state index in [1.165, 1.54) is 19.8 Å². The molecule has 3 nitrogen and oxygen atoms in total. The summed E-state index contributed by atoms with van der Waals surface area (Å²) in [4.78, 5) is 11.1. The van der Waals surface area contributed by atoms with Crippen molar-refractivity contribution >= 4 is 17.3 Å². The first-order valence-corrected chi connectivity index (χ1v) is 7.19. The summed E-state index contributed by atoms with van der Waals surface area (Å²) in [7, 11) is 0. The van der Waals surface area contributed by atoms with Crippen LogP contribution in [0, 0.1) is 5.92 Å². The maximum Gasteiger partial charge on any atom is 0.221 e. The lowest BCUT2D eigenvalue weighted by atomic mass is 9.97. The molecule has 1 aromatic carbocycles. The molecule has 0 aliphatic heterocycles. The summed E-state index contributed by atoms with van der Waals surface area (Å²) in [5.41, 5.74) is 1.91. The van der Waals surface area contributed by atoms with Crippen molar-refractivity contribution in [2.24, 2.45) is 5.92 Å². The van der Waals surface area contributed by atoms with Crippen molar-refractivity contribution in [2.45, 2.75) is 53.0 Å². The molecule has 0 aliphatic rings. The van der Waals surface area contributed by atoms with Crippen LogP contribution < -0.4 is 10.6 Å². The summed E-state index contributed by atoms with van der Waals surface area (Å²) >= 11 is 0. The van der Waals surface area contributed by atoms with Crippen LogP contribution in [0.1, 0.15) is 47.0 Å². The molecule has 1 aromatic rings. The molecule has 0 fully saturated rings. The Balaban J connectivity index is 2.66. The molecule has 1 amide bonds. The van der Waals surface area contributed by atoms with Crippen molar-refractivity contribution in [3.63, 3.8) is 0 Å². The van der Waals surface area contributed by atoms with Crippen LogP contribution in [0.25, 0.3) is 0 Å². The first-order chi connectivity index (χ1) is 9.05. The van der Waals surface area contributed by atoms with Crippen LogP contribution in [-0.4, -0.2) is 11.9 Å². The van der Waals surface area contributed by atoms with Gasteiger partial charge in [0.05, 0.1) is 0 Å². The van der Waals surface area contributed by atoms with Crippen LogP contribution in [-0.2, 0) is 4.79 Å². The number of hydrogen-bond acceptors (Lipinski definition) is 2. The van der Waals surface area contributed by atoms with Gasteiger partial charge in [0.15, 0.2) is 0 Å². The standard InChI is InChI=1S/C16H26N2O/c1-5-12(3)10-14(6-2)18-16-9-7-8-15(11-16)17-13(4)19/h7-9,11-12,14,18H,5-6,10H2,1-4H3,(H,17,19). The summed E-state index contributed by atoms with van der Waals surface area (Å²) in [6.45, 7) is 8.25. The molecule has 0 bridgehead atoms. The highest BCUT2D eigenvalue weighted by Crippen LogP contribution is 2.20. The molecule has 1 rings (SSSR count). The van der Waals surface area contributed by atoms with E-state index in [0.717, 1.165) is 23.7 Å². The Morgan fingerprint density at radius 3 is 2.47 bits per heavy atom. The second-order valence-corrected chi connectivity index (χ2v) is 5.26. The minimum atomic E-state index is -0.0382. The minimum Gasteiger partial charge on any atom is -0.382 e. The number of carbonyl (C=O) groups is 1. The third-order valence-electron chi connectivity index (χ3n) is 3.43. The smallest absolute Gasteiger partial charge is 0.221 e. The van der Waals surface area contributed by atoms with Gasteiger partial charge in [-0.25, -0.2) is 0 Å². The second-order valence-electron chi connectivity index (χ2n) is 5.26. The first kappa shape index (κ1) is 15.5. The van der Waals surface area contributed by atoms with Gasteiger partial charge < -0.3 is 10.6 Å². The van der Waals surface area contributed by atoms with E-state index in [2.05, 4.69) is 31.4 Å². The Hall–Kier alpha value is -1.51. The Bertz CT molecular complexity index is 403. The van der Waals surface area contributed by atoms with Gasteiger partial charge >= 0.3 is 0 Å². The van der Waals surface area contributed by atoms with Crippen LogP contribution in [0.3, 0.4) is 0 Å². The van der Waals surface area contributed by atoms with Crippen LogP contribution >= 0.6 is 0 Å². The van der Waals surface area contributed by atoms with Crippen molar-refractivity contribution in [1.29, 1.82) is 0 Å². The summed E-state index contributed by atoms with van der Waals surface area (Å²) in [6, 6.07) is 8.39. The van der Waals surface area contributed by atoms with Crippen LogP contribution in [0.15, 0.2) is 24.3 Å². The average molecular weight is 262 g/mol. The highest BCUT2D eigenvalue weighted by Gasteiger charge is 2.10. The predicted octanol–water partition coefficient (Wildman–Crippen LogP) is 4.27. The Labute approximate surface area is 116 Å². The van der Waals surface area contributed by atoms with E-state index < -0.39 is 0 Å². The van der Waals surface area contributed by atoms with Gasteiger partial charge in [0.25, 0.3) is 0 Å². The highest BCUT2D eigenvalue weighted by atomic mass is 16.1. The highest BCUT2D eigenvalue weighted by molar-refractivity contribution is 5.89. The van der Waals surface area contributed by atoms with E-state index in [4.69, 9.17) is 0 Å². The molecule has 2 atom stereocenters. The molecular formula is C16H26N2O. The number of rotatable bonds is 7. The molecular weight excluding hydrogens is 236 g/mol. The molecule has 2 N–H and O–H groups in total. The quantitative estimate of drug-likeness (QED) is 0.770. The summed E-state index contributed by atoms with van der Waals surface area (Å²) in [5, 5.41) is 6.37. The molecule has 0 aliphatic carbocycles. The fourth-order valence-corrected chi connectivity index (χ4v) is 2.11. The lowest BCUT2D eigenvalue weighted by molar-refractivity contribution is -0.114. The number of anilines is 2. The summed E-state index contributed by atoms with van der Waals surface area (Å²) in [6.07, 6.45) is 3.50. The average Bonchev–Trinajstić information content (AvgIpc) is 2.37. The number of hydrogen-bond donors (Lipinski definition) is 2. The van der Waals surface area contributed by atoms with Gasteiger partial charge in [-0.05, 0) is 37.0 Å². The maximum atomic E-state index is 11.1. The third kappa shape index (κ3) is 5.77. The Morgan fingerprint density at radius 2 is 1.89 bits per heavy atom. The maximum absolute atomic E-state index is 11.1. The van der Waals surface area contributed by atoms with Gasteiger partial charge in [0.2, 0.25) is 5.91 Å². The van der Waals surface area contributed by atoms with Crippen LogP contribution in [0.2, 0.25) is 0 Å². The SMILES string of the molecule is CCC(C)CC(CC)Nc1cccc(NC(C)=O)c1. The van der Waals surface area contributed by atoms with Crippen molar-refractivity contribution < 1.29 is 4.79 Å². The third-order valence-corrected chi connectivity index (χ3v) is 3.43. The number of carbonyl (C=O) groups excluding carboxylic acids is 1. The van der Waals surface area contributed by atoms with E-state index in [1.54, 1.807) is 0 Å². The van der Waals surface area contributed by atoms with Gasteiger partial charge in [-0.3, -0.25) is 4.79 Å². The molecule has 0 saturated heterocycles.